The van der Waals surface area contributed by atoms with Crippen LogP contribution < -0.4 is 18.9 Å². The first-order valence-corrected chi connectivity index (χ1v) is 25.0. The van der Waals surface area contributed by atoms with Crippen LogP contribution in [0.5, 0.6) is 23.0 Å². The molecule has 0 fully saturated rings. The van der Waals surface area contributed by atoms with E-state index < -0.39 is 123 Å². The minimum Gasteiger partial charge on any atom is -0.494 e. The van der Waals surface area contributed by atoms with Crippen LogP contribution in [0.2, 0.25) is 0 Å². The summed E-state index contributed by atoms with van der Waals surface area (Å²) in [4.78, 5) is -4.75. The number of fused-ring (bicyclic) bond motifs is 8. The van der Waals surface area contributed by atoms with Crippen molar-refractivity contribution in [1.82, 2.24) is 0 Å². The summed E-state index contributed by atoms with van der Waals surface area (Å²) in [6, 6.07) is 10.4. The van der Waals surface area contributed by atoms with E-state index in [2.05, 4.69) is 0 Å². The van der Waals surface area contributed by atoms with Crippen molar-refractivity contribution in [2.75, 3.05) is 28.4 Å². The lowest BCUT2D eigenvalue weighted by atomic mass is 9.87. The minimum absolute atomic E-state index is 0.258. The van der Waals surface area contributed by atoms with Gasteiger partial charge in [-0.05, 0) is 92.4 Å². The number of sulfone groups is 4. The van der Waals surface area contributed by atoms with E-state index in [0.29, 0.717) is 0 Å². The Labute approximate surface area is 356 Å². The molecule has 1 heterocycles. The number of hydrogen-bond acceptors (Lipinski definition) is 12. The highest BCUT2D eigenvalue weighted by Crippen LogP contribution is 2.51. The molecule has 0 atom stereocenters. The third-order valence-corrected chi connectivity index (χ3v) is 17.7. The van der Waals surface area contributed by atoms with Crippen molar-refractivity contribution < 1.29 is 52.6 Å². The second kappa shape index (κ2) is 14.8. The summed E-state index contributed by atoms with van der Waals surface area (Å²) in [6.45, 7) is 21.1. The van der Waals surface area contributed by atoms with Gasteiger partial charge in [-0.2, -0.15) is 0 Å². The van der Waals surface area contributed by atoms with Gasteiger partial charge in [-0.3, -0.25) is 0 Å². The zero-order chi connectivity index (χ0) is 45.7. The van der Waals surface area contributed by atoms with Crippen molar-refractivity contribution in [3.05, 3.63) is 70.8 Å². The Morgan fingerprint density at radius 2 is 0.400 bits per heavy atom. The van der Waals surface area contributed by atoms with Crippen LogP contribution in [0.1, 0.15) is 105 Å². The predicted octanol–water partition coefficient (Wildman–Crippen LogP) is 8.56. The van der Waals surface area contributed by atoms with E-state index in [9.17, 15) is 0 Å². The van der Waals surface area contributed by atoms with Crippen molar-refractivity contribution in [3.8, 4) is 23.0 Å². The highest BCUT2D eigenvalue weighted by atomic mass is 32.2. The molecule has 16 heteroatoms. The Balaban J connectivity index is 2.29. The van der Waals surface area contributed by atoms with E-state index in [4.69, 9.17) is 18.9 Å². The molecule has 1 aliphatic heterocycles. The number of ether oxygens (including phenoxy) is 4. The molecule has 0 radical (unpaired) electrons. The van der Waals surface area contributed by atoms with Crippen LogP contribution in [0.15, 0.2) is 87.7 Å². The van der Waals surface area contributed by atoms with Gasteiger partial charge in [0.05, 0.1) is 28.4 Å². The van der Waals surface area contributed by atoms with Gasteiger partial charge in [-0.1, -0.05) is 83.1 Å². The van der Waals surface area contributed by atoms with Crippen molar-refractivity contribution in [2.24, 2.45) is 0 Å². The lowest BCUT2D eigenvalue weighted by molar-refractivity contribution is 0.381. The van der Waals surface area contributed by atoms with Crippen molar-refractivity contribution in [3.63, 3.8) is 0 Å². The maximum Gasteiger partial charge on any atom is 0.214 e. The average molecular weight is 905 g/mol. The van der Waals surface area contributed by atoms with E-state index in [0.717, 1.165) is 28.4 Å². The number of rotatable bonds is 4. The zero-order valence-corrected chi connectivity index (χ0v) is 40.4. The van der Waals surface area contributed by atoms with Crippen LogP contribution in [0.3, 0.4) is 0 Å². The maximum atomic E-state index is 15.5. The molecule has 4 aromatic carbocycles. The Morgan fingerprint density at radius 3 is 0.483 bits per heavy atom. The van der Waals surface area contributed by atoms with E-state index in [1.165, 1.54) is 48.5 Å². The van der Waals surface area contributed by atoms with E-state index in [-0.39, 0.29) is 22.3 Å². The highest BCUT2D eigenvalue weighted by molar-refractivity contribution is 7.94. The Bertz CT molecular complexity index is 2360. The molecule has 0 unspecified atom stereocenters. The quantitative estimate of drug-likeness (QED) is 0.168. The number of hydrogen-bond donors (Lipinski definition) is 0. The zero-order valence-electron chi connectivity index (χ0n) is 37.2. The number of benzene rings is 4. The monoisotopic (exact) mass is 904 g/mol. The third kappa shape index (κ3) is 7.70. The molecule has 0 saturated carbocycles. The largest absolute Gasteiger partial charge is 0.494 e. The molecule has 0 amide bonds. The first-order chi connectivity index (χ1) is 27.1. The topological polar surface area (TPSA) is 173 Å². The van der Waals surface area contributed by atoms with E-state index in [1.54, 1.807) is 83.1 Å². The van der Waals surface area contributed by atoms with Gasteiger partial charge in [-0.15, -0.1) is 0 Å². The molecular weight excluding hydrogens is 849 g/mol. The third-order valence-electron chi connectivity index (χ3n) is 10.7. The van der Waals surface area contributed by atoms with E-state index in [1.807, 2.05) is 0 Å². The van der Waals surface area contributed by atoms with Gasteiger partial charge >= 0.3 is 0 Å². The summed E-state index contributed by atoms with van der Waals surface area (Å²) in [5.74, 6) is -2.34. The van der Waals surface area contributed by atoms with Crippen LogP contribution in [-0.2, 0) is 61.0 Å². The molecule has 4 aromatic rings. The number of methoxy groups -OCH3 is 4. The van der Waals surface area contributed by atoms with Crippen LogP contribution in [0, 0.1) is 0 Å². The molecular formula is C44H56O12S4. The van der Waals surface area contributed by atoms with E-state index >= 15 is 33.7 Å². The van der Waals surface area contributed by atoms with Crippen LogP contribution in [-0.4, -0.2) is 62.1 Å². The molecule has 0 saturated heterocycles. The van der Waals surface area contributed by atoms with Gasteiger partial charge in [0.25, 0.3) is 0 Å². The van der Waals surface area contributed by atoms with Crippen LogP contribution in [0.4, 0.5) is 0 Å². The second-order valence-corrected chi connectivity index (χ2v) is 26.6. The molecule has 0 spiro atoms. The molecule has 8 bridgehead atoms. The van der Waals surface area contributed by atoms with Gasteiger partial charge in [-0.25, -0.2) is 33.7 Å². The summed E-state index contributed by atoms with van der Waals surface area (Å²) in [7, 11) is -15.4. The van der Waals surface area contributed by atoms with Crippen molar-refractivity contribution in [2.45, 2.75) is 144 Å². The molecule has 1 aliphatic rings. The predicted molar refractivity (Wildman–Crippen MR) is 229 cm³/mol. The normalized spacial score (nSPS) is 17.1. The molecule has 0 aliphatic carbocycles. The van der Waals surface area contributed by atoms with Gasteiger partial charge in [0.2, 0.25) is 39.3 Å². The standard InChI is InChI=1S/C44H56O12S4/c1-41(2,3)25-17-29-37(53-13)30(18-25)58(47,48)32-20-27(43(7,8)9)22-34(39(32)55-15)60(51,52)36-24-28(44(10,11)12)23-35(40(36)56-16)59(49,50)33-21-26(42(4,5)6)19-31(38(33)54-14)57(29,45)46/h17-24H,1-16H3. The lowest BCUT2D eigenvalue weighted by Crippen LogP contribution is -2.21. The summed E-state index contributed by atoms with van der Waals surface area (Å²) in [5, 5.41) is 0. The molecule has 0 aromatic heterocycles. The van der Waals surface area contributed by atoms with Crippen molar-refractivity contribution in [1.29, 1.82) is 0 Å². The van der Waals surface area contributed by atoms with Crippen LogP contribution >= 0.6 is 0 Å². The summed E-state index contributed by atoms with van der Waals surface area (Å²) in [6.07, 6.45) is 0. The highest BCUT2D eigenvalue weighted by Gasteiger charge is 2.43. The Hall–Kier alpha value is -4.12. The maximum absolute atomic E-state index is 15.5. The lowest BCUT2D eigenvalue weighted by Gasteiger charge is -2.28. The molecule has 5 rings (SSSR count). The Morgan fingerprint density at radius 1 is 0.283 bits per heavy atom. The molecule has 0 N–H and O–H groups in total. The van der Waals surface area contributed by atoms with Gasteiger partial charge in [0.1, 0.15) is 39.2 Å². The average Bonchev–Trinajstić information content (AvgIpc) is 3.13. The SMILES string of the molecule is COc1c2cc(C(C)(C)C)cc1S(=O)(=O)c1cc(C(C)(C)C)cc(c1OC)S(=O)(=O)c1cc(C(C)(C)C)cc(c1OC)S(=O)(=O)c1cc(C(C)(C)C)cc(c1OC)S2(=O)=O. The minimum atomic E-state index is -4.97. The molecule has 60 heavy (non-hydrogen) atoms. The van der Waals surface area contributed by atoms with Gasteiger partial charge < -0.3 is 18.9 Å². The molecule has 328 valence electrons. The first kappa shape index (κ1) is 46.9. The smallest absolute Gasteiger partial charge is 0.214 e. The summed E-state index contributed by atoms with van der Waals surface area (Å²) >= 11 is 0. The van der Waals surface area contributed by atoms with Gasteiger partial charge in [0, 0.05) is 0 Å². The molecule has 12 nitrogen and oxygen atoms in total. The first-order valence-electron chi connectivity index (χ1n) is 19.0. The second-order valence-electron chi connectivity index (χ2n) is 19.0. The van der Waals surface area contributed by atoms with Gasteiger partial charge in [0.15, 0.2) is 23.0 Å². The fraction of sp³-hybridized carbons (Fsp3) is 0.455. The summed E-state index contributed by atoms with van der Waals surface area (Å²) in [5.41, 5.74) is -2.45. The van der Waals surface area contributed by atoms with Crippen LogP contribution in [0.25, 0.3) is 0 Å². The fourth-order valence-electron chi connectivity index (χ4n) is 6.91. The van der Waals surface area contributed by atoms with Crippen molar-refractivity contribution >= 4 is 39.3 Å². The Kier molecular flexibility index (Phi) is 11.5. The fourth-order valence-corrected chi connectivity index (χ4v) is 13.9. The summed E-state index contributed by atoms with van der Waals surface area (Å²) < 4.78 is 147.